The van der Waals surface area contributed by atoms with Crippen LogP contribution in [0.5, 0.6) is 0 Å². The van der Waals surface area contributed by atoms with Gasteiger partial charge in [0.15, 0.2) is 0 Å². The van der Waals surface area contributed by atoms with Gasteiger partial charge in [-0.15, -0.1) is 0 Å². The molecule has 0 saturated carbocycles. The Balaban J connectivity index is 1.58. The van der Waals surface area contributed by atoms with Crippen LogP contribution in [0.4, 0.5) is 4.79 Å². The van der Waals surface area contributed by atoms with Crippen molar-refractivity contribution in [2.45, 2.75) is 26.8 Å². The summed E-state index contributed by atoms with van der Waals surface area (Å²) in [7, 11) is 0. The first kappa shape index (κ1) is 16.3. The number of nitrogens with zero attached hydrogens (tertiary/aromatic N) is 3. The molecule has 1 fully saturated rings. The molecule has 0 atom stereocenters. The summed E-state index contributed by atoms with van der Waals surface area (Å²) in [5.41, 5.74) is 3.03. The number of nitrogens with one attached hydrogen (secondary N) is 2. The Morgan fingerprint density at radius 2 is 1.96 bits per heavy atom. The lowest BCUT2D eigenvalue weighted by molar-refractivity contribution is -0.128. The highest BCUT2D eigenvalue weighted by Crippen LogP contribution is 2.15. The number of benzene rings is 1. The predicted molar refractivity (Wildman–Crippen MR) is 91.5 cm³/mol. The number of imidazole rings is 1. The zero-order valence-corrected chi connectivity index (χ0v) is 14.1. The monoisotopic (exact) mass is 329 g/mol. The maximum atomic E-state index is 12.4. The topological polar surface area (TPSA) is 81.3 Å². The molecule has 7 nitrogen and oxygen atoms in total. The van der Waals surface area contributed by atoms with Gasteiger partial charge in [0.25, 0.3) is 0 Å². The van der Waals surface area contributed by atoms with E-state index in [1.54, 1.807) is 16.7 Å². The molecule has 1 aromatic heterocycles. The van der Waals surface area contributed by atoms with E-state index in [0.29, 0.717) is 32.7 Å². The average Bonchev–Trinajstić information content (AvgIpc) is 2.81. The van der Waals surface area contributed by atoms with Gasteiger partial charge in [-0.2, -0.15) is 0 Å². The fraction of sp³-hybridized carbons (Fsp3) is 0.471. The molecule has 128 valence electrons. The molecule has 1 aliphatic rings. The van der Waals surface area contributed by atoms with E-state index < -0.39 is 0 Å². The van der Waals surface area contributed by atoms with Crippen molar-refractivity contribution in [2.24, 2.45) is 0 Å². The molecule has 0 aliphatic carbocycles. The third-order valence-electron chi connectivity index (χ3n) is 4.40. The number of aromatic nitrogens is 2. The van der Waals surface area contributed by atoms with Crippen molar-refractivity contribution < 1.29 is 9.59 Å². The first-order chi connectivity index (χ1) is 11.5. The lowest BCUT2D eigenvalue weighted by atomic mass is 10.2. The quantitative estimate of drug-likeness (QED) is 0.879. The SMILES string of the molecule is CC(=O)N1CCCN(C(=O)NCc2nc3c(C)cccc3[nH]2)CC1. The molecule has 7 heteroatoms. The van der Waals surface area contributed by atoms with Crippen LogP contribution in [0.2, 0.25) is 0 Å². The zero-order chi connectivity index (χ0) is 17.1. The highest BCUT2D eigenvalue weighted by Gasteiger charge is 2.20. The maximum Gasteiger partial charge on any atom is 0.317 e. The van der Waals surface area contributed by atoms with Crippen LogP contribution in [0.15, 0.2) is 18.2 Å². The van der Waals surface area contributed by atoms with Gasteiger partial charge in [0, 0.05) is 33.1 Å². The van der Waals surface area contributed by atoms with Crippen LogP contribution in [0.1, 0.15) is 24.7 Å². The number of hydrogen-bond donors (Lipinski definition) is 2. The van der Waals surface area contributed by atoms with Crippen molar-refractivity contribution in [3.05, 3.63) is 29.6 Å². The zero-order valence-electron chi connectivity index (χ0n) is 14.1. The molecule has 1 saturated heterocycles. The van der Waals surface area contributed by atoms with Gasteiger partial charge in [-0.25, -0.2) is 9.78 Å². The van der Waals surface area contributed by atoms with Crippen LogP contribution in [-0.2, 0) is 11.3 Å². The first-order valence-electron chi connectivity index (χ1n) is 8.27. The summed E-state index contributed by atoms with van der Waals surface area (Å²) in [4.78, 5) is 35.1. The van der Waals surface area contributed by atoms with Gasteiger partial charge >= 0.3 is 6.03 Å². The number of hydrogen-bond acceptors (Lipinski definition) is 3. The van der Waals surface area contributed by atoms with Crippen LogP contribution >= 0.6 is 0 Å². The van der Waals surface area contributed by atoms with E-state index >= 15 is 0 Å². The van der Waals surface area contributed by atoms with E-state index in [1.165, 1.54) is 0 Å². The molecule has 3 rings (SSSR count). The number of carbonyl (C=O) groups is 2. The molecule has 0 unspecified atom stereocenters. The van der Waals surface area contributed by atoms with Gasteiger partial charge in [0.2, 0.25) is 5.91 Å². The first-order valence-corrected chi connectivity index (χ1v) is 8.27. The molecular formula is C17H23N5O2. The van der Waals surface area contributed by atoms with Crippen molar-refractivity contribution in [1.82, 2.24) is 25.1 Å². The van der Waals surface area contributed by atoms with E-state index in [4.69, 9.17) is 0 Å². The molecule has 0 bridgehead atoms. The number of aryl methyl sites for hydroxylation is 1. The third-order valence-corrected chi connectivity index (χ3v) is 4.40. The number of aromatic amines is 1. The average molecular weight is 329 g/mol. The van der Waals surface area contributed by atoms with Gasteiger partial charge in [-0.1, -0.05) is 12.1 Å². The Bertz CT molecular complexity index is 755. The second kappa shape index (κ2) is 6.90. The minimum atomic E-state index is -0.113. The van der Waals surface area contributed by atoms with E-state index in [2.05, 4.69) is 15.3 Å². The predicted octanol–water partition coefficient (Wildman–Crippen LogP) is 1.64. The number of fused-ring (bicyclic) bond motifs is 1. The third kappa shape index (κ3) is 3.50. The molecular weight excluding hydrogens is 306 g/mol. The van der Waals surface area contributed by atoms with Crippen molar-refractivity contribution in [3.8, 4) is 0 Å². The molecule has 2 heterocycles. The van der Waals surface area contributed by atoms with Crippen molar-refractivity contribution in [3.63, 3.8) is 0 Å². The number of H-pyrrole nitrogens is 1. The minimum absolute atomic E-state index is 0.0647. The summed E-state index contributed by atoms with van der Waals surface area (Å²) in [5.74, 6) is 0.808. The molecule has 0 spiro atoms. The molecule has 2 N–H and O–H groups in total. The van der Waals surface area contributed by atoms with Crippen LogP contribution in [0.3, 0.4) is 0 Å². The highest BCUT2D eigenvalue weighted by atomic mass is 16.2. The maximum absolute atomic E-state index is 12.4. The molecule has 3 amide bonds. The molecule has 1 aromatic carbocycles. The number of para-hydroxylation sites is 1. The van der Waals surface area contributed by atoms with Crippen LogP contribution in [0.25, 0.3) is 11.0 Å². The summed E-state index contributed by atoms with van der Waals surface area (Å²) in [6.45, 7) is 6.47. The molecule has 1 aliphatic heterocycles. The van der Waals surface area contributed by atoms with Gasteiger partial charge in [0.1, 0.15) is 5.82 Å². The lowest BCUT2D eigenvalue weighted by Gasteiger charge is -2.21. The molecule has 24 heavy (non-hydrogen) atoms. The number of amides is 3. The second-order valence-electron chi connectivity index (χ2n) is 6.16. The van der Waals surface area contributed by atoms with Crippen molar-refractivity contribution in [2.75, 3.05) is 26.2 Å². The smallest absolute Gasteiger partial charge is 0.317 e. The van der Waals surface area contributed by atoms with E-state index in [9.17, 15) is 9.59 Å². The van der Waals surface area contributed by atoms with Crippen molar-refractivity contribution in [1.29, 1.82) is 0 Å². The summed E-state index contributed by atoms with van der Waals surface area (Å²) < 4.78 is 0. The van der Waals surface area contributed by atoms with Gasteiger partial charge < -0.3 is 20.1 Å². The van der Waals surface area contributed by atoms with E-state index in [-0.39, 0.29) is 11.9 Å². The Labute approximate surface area is 141 Å². The number of rotatable bonds is 2. The highest BCUT2D eigenvalue weighted by molar-refractivity contribution is 5.79. The van der Waals surface area contributed by atoms with E-state index in [1.807, 2.05) is 25.1 Å². The molecule has 2 aromatic rings. The van der Waals surface area contributed by atoms with Crippen LogP contribution < -0.4 is 5.32 Å². The fourth-order valence-corrected chi connectivity index (χ4v) is 3.02. The second-order valence-corrected chi connectivity index (χ2v) is 6.16. The molecule has 0 radical (unpaired) electrons. The summed E-state index contributed by atoms with van der Waals surface area (Å²) >= 11 is 0. The van der Waals surface area contributed by atoms with Crippen LogP contribution in [0, 0.1) is 6.92 Å². The lowest BCUT2D eigenvalue weighted by Crippen LogP contribution is -2.42. The fourth-order valence-electron chi connectivity index (χ4n) is 3.02. The normalized spacial score (nSPS) is 15.4. The Hall–Kier alpha value is -2.57. The number of carbonyl (C=O) groups excluding carboxylic acids is 2. The number of urea groups is 1. The Kier molecular flexibility index (Phi) is 4.69. The minimum Gasteiger partial charge on any atom is -0.341 e. The van der Waals surface area contributed by atoms with E-state index in [0.717, 1.165) is 28.8 Å². The Morgan fingerprint density at radius 1 is 1.21 bits per heavy atom. The van der Waals surface area contributed by atoms with Gasteiger partial charge in [-0.05, 0) is 25.0 Å². The van der Waals surface area contributed by atoms with Gasteiger partial charge in [0.05, 0.1) is 17.6 Å². The summed E-state index contributed by atoms with van der Waals surface area (Å²) in [6.07, 6.45) is 0.802. The Morgan fingerprint density at radius 3 is 2.71 bits per heavy atom. The standard InChI is InChI=1S/C17H23N5O2/c1-12-5-3-6-14-16(12)20-15(19-14)11-18-17(24)22-8-4-7-21(9-10-22)13(2)23/h3,5-6H,4,7-11H2,1-2H3,(H,18,24)(H,19,20). The van der Waals surface area contributed by atoms with Crippen molar-refractivity contribution >= 4 is 23.0 Å². The largest absolute Gasteiger partial charge is 0.341 e. The summed E-state index contributed by atoms with van der Waals surface area (Å²) in [6, 6.07) is 5.86. The van der Waals surface area contributed by atoms with Gasteiger partial charge in [-0.3, -0.25) is 4.79 Å². The summed E-state index contributed by atoms with van der Waals surface area (Å²) in [5, 5.41) is 2.91. The van der Waals surface area contributed by atoms with Crippen LogP contribution in [-0.4, -0.2) is 57.9 Å².